The summed E-state index contributed by atoms with van der Waals surface area (Å²) in [5.74, 6) is -0.301. The van der Waals surface area contributed by atoms with Gasteiger partial charge in [0.2, 0.25) is 0 Å². The van der Waals surface area contributed by atoms with Gasteiger partial charge in [-0.05, 0) is 49.7 Å². The SMILES string of the molecule is C/C(=N/OCc1ccccc1F)c1cc(-c2ccccc2)n(-c2cccc(Cl)c2)c1C. The summed E-state index contributed by atoms with van der Waals surface area (Å²) >= 11 is 6.27. The first-order chi connectivity index (χ1) is 15.0. The molecular weight excluding hydrogens is 411 g/mol. The quantitative estimate of drug-likeness (QED) is 0.234. The Hall–Kier alpha value is -3.37. The first-order valence-electron chi connectivity index (χ1n) is 9.98. The maximum Gasteiger partial charge on any atom is 0.145 e. The third-order valence-electron chi connectivity index (χ3n) is 5.15. The first-order valence-corrected chi connectivity index (χ1v) is 10.4. The van der Waals surface area contributed by atoms with Crippen molar-refractivity contribution in [3.8, 4) is 16.9 Å². The van der Waals surface area contributed by atoms with Crippen molar-refractivity contribution in [1.29, 1.82) is 0 Å². The van der Waals surface area contributed by atoms with Crippen molar-refractivity contribution in [1.82, 2.24) is 4.57 Å². The summed E-state index contributed by atoms with van der Waals surface area (Å²) in [5, 5.41) is 4.93. The van der Waals surface area contributed by atoms with E-state index in [0.29, 0.717) is 16.3 Å². The lowest BCUT2D eigenvalue weighted by molar-refractivity contribution is 0.128. The van der Waals surface area contributed by atoms with Crippen LogP contribution in [0.1, 0.15) is 23.7 Å². The van der Waals surface area contributed by atoms with Gasteiger partial charge in [-0.2, -0.15) is 0 Å². The Labute approximate surface area is 186 Å². The van der Waals surface area contributed by atoms with Crippen molar-refractivity contribution in [3.63, 3.8) is 0 Å². The molecule has 0 aliphatic heterocycles. The normalized spacial score (nSPS) is 11.5. The van der Waals surface area contributed by atoms with Crippen LogP contribution in [0.2, 0.25) is 5.02 Å². The predicted octanol–water partition coefficient (Wildman–Crippen LogP) is 7.19. The Morgan fingerprint density at radius 2 is 1.71 bits per heavy atom. The molecule has 156 valence electrons. The lowest BCUT2D eigenvalue weighted by atomic mass is 10.1. The molecule has 0 radical (unpaired) electrons. The molecule has 0 aliphatic carbocycles. The standard InChI is InChI=1S/C26H22ClFN2O/c1-18(29-31-17-21-11-6-7-14-25(21)28)24-16-26(20-9-4-3-5-10-20)30(19(24)2)23-13-8-12-22(27)15-23/h3-16H,17H2,1-2H3/b29-18-. The highest BCUT2D eigenvalue weighted by Crippen LogP contribution is 2.31. The molecule has 5 heteroatoms. The highest BCUT2D eigenvalue weighted by Gasteiger charge is 2.17. The van der Waals surface area contributed by atoms with Gasteiger partial charge in [0.05, 0.1) is 11.4 Å². The largest absolute Gasteiger partial charge is 0.391 e. The third-order valence-corrected chi connectivity index (χ3v) is 5.39. The molecule has 0 bridgehead atoms. The zero-order valence-corrected chi connectivity index (χ0v) is 18.1. The van der Waals surface area contributed by atoms with E-state index in [1.807, 2.05) is 56.3 Å². The topological polar surface area (TPSA) is 26.5 Å². The minimum absolute atomic E-state index is 0.0730. The number of benzene rings is 3. The van der Waals surface area contributed by atoms with Crippen molar-refractivity contribution in [2.45, 2.75) is 20.5 Å². The van der Waals surface area contributed by atoms with Gasteiger partial charge in [0, 0.05) is 27.5 Å². The second-order valence-electron chi connectivity index (χ2n) is 7.25. The summed E-state index contributed by atoms with van der Waals surface area (Å²) in [6.07, 6.45) is 0. The maximum atomic E-state index is 13.8. The van der Waals surface area contributed by atoms with Gasteiger partial charge in [-0.1, -0.05) is 71.4 Å². The Balaban J connectivity index is 1.72. The fraction of sp³-hybridized carbons (Fsp3) is 0.115. The third kappa shape index (κ3) is 4.54. The number of hydrogen-bond acceptors (Lipinski definition) is 2. The maximum absolute atomic E-state index is 13.8. The highest BCUT2D eigenvalue weighted by atomic mass is 35.5. The molecular formula is C26H22ClFN2O. The van der Waals surface area contributed by atoms with Crippen LogP contribution in [0.15, 0.2) is 90.1 Å². The number of halogens is 2. The van der Waals surface area contributed by atoms with Crippen molar-refractivity contribution in [2.75, 3.05) is 0 Å². The number of aromatic nitrogens is 1. The van der Waals surface area contributed by atoms with Crippen molar-refractivity contribution in [3.05, 3.63) is 113 Å². The summed E-state index contributed by atoms with van der Waals surface area (Å²) in [6, 6.07) is 26.5. The lowest BCUT2D eigenvalue weighted by Gasteiger charge is -2.13. The zero-order valence-electron chi connectivity index (χ0n) is 17.3. The minimum atomic E-state index is -0.301. The molecule has 4 rings (SSSR count). The van der Waals surface area contributed by atoms with Crippen LogP contribution in [0.5, 0.6) is 0 Å². The number of oxime groups is 1. The fourth-order valence-electron chi connectivity index (χ4n) is 3.61. The van der Waals surface area contributed by atoms with Crippen LogP contribution in [-0.2, 0) is 11.4 Å². The molecule has 0 fully saturated rings. The van der Waals surface area contributed by atoms with Gasteiger partial charge in [-0.25, -0.2) is 4.39 Å². The summed E-state index contributed by atoms with van der Waals surface area (Å²) in [4.78, 5) is 5.47. The van der Waals surface area contributed by atoms with Gasteiger partial charge in [0.25, 0.3) is 0 Å². The molecule has 0 saturated heterocycles. The molecule has 4 aromatic rings. The Bertz CT molecular complexity index is 1230. The van der Waals surface area contributed by atoms with Crippen LogP contribution in [0.25, 0.3) is 16.9 Å². The van der Waals surface area contributed by atoms with Crippen LogP contribution < -0.4 is 0 Å². The van der Waals surface area contributed by atoms with Crippen LogP contribution in [0.3, 0.4) is 0 Å². The van der Waals surface area contributed by atoms with Crippen molar-refractivity contribution < 1.29 is 9.23 Å². The second kappa shape index (κ2) is 9.19. The minimum Gasteiger partial charge on any atom is -0.391 e. The molecule has 0 unspecified atom stereocenters. The molecule has 0 aliphatic rings. The predicted molar refractivity (Wildman–Crippen MR) is 124 cm³/mol. The van der Waals surface area contributed by atoms with Crippen LogP contribution in [0, 0.1) is 12.7 Å². The lowest BCUT2D eigenvalue weighted by Crippen LogP contribution is -2.03. The molecule has 1 heterocycles. The number of hydrogen-bond donors (Lipinski definition) is 0. The van der Waals surface area contributed by atoms with E-state index >= 15 is 0 Å². The molecule has 1 aromatic heterocycles. The van der Waals surface area contributed by atoms with E-state index in [1.165, 1.54) is 6.07 Å². The fourth-order valence-corrected chi connectivity index (χ4v) is 3.79. The van der Waals surface area contributed by atoms with E-state index in [-0.39, 0.29) is 12.4 Å². The molecule has 0 saturated carbocycles. The van der Waals surface area contributed by atoms with Crippen LogP contribution in [-0.4, -0.2) is 10.3 Å². The van der Waals surface area contributed by atoms with Crippen LogP contribution in [0.4, 0.5) is 4.39 Å². The van der Waals surface area contributed by atoms with E-state index in [1.54, 1.807) is 18.2 Å². The van der Waals surface area contributed by atoms with E-state index in [4.69, 9.17) is 16.4 Å². The summed E-state index contributed by atoms with van der Waals surface area (Å²) in [6.45, 7) is 4.00. The summed E-state index contributed by atoms with van der Waals surface area (Å²) in [7, 11) is 0. The molecule has 3 aromatic carbocycles. The highest BCUT2D eigenvalue weighted by molar-refractivity contribution is 6.30. The second-order valence-corrected chi connectivity index (χ2v) is 7.69. The molecule has 0 amide bonds. The molecule has 3 nitrogen and oxygen atoms in total. The molecule has 0 N–H and O–H groups in total. The Morgan fingerprint density at radius 1 is 0.968 bits per heavy atom. The molecule has 0 atom stereocenters. The van der Waals surface area contributed by atoms with E-state index in [2.05, 4.69) is 27.9 Å². The van der Waals surface area contributed by atoms with E-state index < -0.39 is 0 Å². The van der Waals surface area contributed by atoms with Crippen molar-refractivity contribution in [2.24, 2.45) is 5.16 Å². The van der Waals surface area contributed by atoms with Gasteiger partial charge >= 0.3 is 0 Å². The Morgan fingerprint density at radius 3 is 2.45 bits per heavy atom. The van der Waals surface area contributed by atoms with Gasteiger partial charge in [0.1, 0.15) is 12.4 Å². The first kappa shape index (κ1) is 20.9. The molecule has 31 heavy (non-hydrogen) atoms. The average molecular weight is 433 g/mol. The monoisotopic (exact) mass is 432 g/mol. The van der Waals surface area contributed by atoms with Gasteiger partial charge < -0.3 is 9.40 Å². The number of nitrogens with zero attached hydrogens (tertiary/aromatic N) is 2. The van der Waals surface area contributed by atoms with E-state index in [0.717, 1.165) is 28.2 Å². The average Bonchev–Trinajstić information content (AvgIpc) is 3.13. The number of rotatable bonds is 6. The Kier molecular flexibility index (Phi) is 6.19. The van der Waals surface area contributed by atoms with Gasteiger partial charge in [0.15, 0.2) is 0 Å². The summed E-state index contributed by atoms with van der Waals surface area (Å²) in [5.41, 5.74) is 6.22. The van der Waals surface area contributed by atoms with Crippen LogP contribution >= 0.6 is 11.6 Å². The van der Waals surface area contributed by atoms with E-state index in [9.17, 15) is 4.39 Å². The summed E-state index contributed by atoms with van der Waals surface area (Å²) < 4.78 is 16.0. The van der Waals surface area contributed by atoms with Gasteiger partial charge in [-0.15, -0.1) is 0 Å². The van der Waals surface area contributed by atoms with Gasteiger partial charge in [-0.3, -0.25) is 0 Å². The molecule has 0 spiro atoms. The zero-order chi connectivity index (χ0) is 21.8. The van der Waals surface area contributed by atoms with Crippen molar-refractivity contribution >= 4 is 17.3 Å². The smallest absolute Gasteiger partial charge is 0.145 e.